The number of nitrogens with one attached hydrogen (secondary N) is 1. The van der Waals surface area contributed by atoms with Gasteiger partial charge in [-0.15, -0.1) is 0 Å². The molecule has 0 fully saturated rings. The maximum atomic E-state index is 5.63. The highest BCUT2D eigenvalue weighted by Gasteiger charge is 2.11. The molecule has 90 valence electrons. The molecule has 0 bridgehead atoms. The van der Waals surface area contributed by atoms with Crippen molar-refractivity contribution in [2.24, 2.45) is 11.8 Å². The van der Waals surface area contributed by atoms with Gasteiger partial charge in [0.15, 0.2) is 0 Å². The zero-order chi connectivity index (χ0) is 12.1. The van der Waals surface area contributed by atoms with Gasteiger partial charge in [-0.1, -0.05) is 35.8 Å². The lowest BCUT2D eigenvalue weighted by Gasteiger charge is -2.18. The van der Waals surface area contributed by atoms with Crippen LogP contribution in [-0.4, -0.2) is 0 Å². The Morgan fingerprint density at radius 3 is 2.44 bits per heavy atom. The van der Waals surface area contributed by atoms with Gasteiger partial charge >= 0.3 is 0 Å². The summed E-state index contributed by atoms with van der Waals surface area (Å²) in [4.78, 5) is 0. The average Bonchev–Trinajstić information content (AvgIpc) is 2.16. The van der Waals surface area contributed by atoms with Gasteiger partial charge < -0.3 is 0 Å². The van der Waals surface area contributed by atoms with E-state index in [0.29, 0.717) is 5.92 Å². The molecular weight excluding hydrogens is 264 g/mol. The summed E-state index contributed by atoms with van der Waals surface area (Å²) in [6.07, 6.45) is 2.25. The summed E-state index contributed by atoms with van der Waals surface area (Å²) >= 11 is 3.52. The number of benzene rings is 1. The molecule has 1 aromatic carbocycles. The van der Waals surface area contributed by atoms with E-state index in [1.807, 2.05) is 0 Å². The van der Waals surface area contributed by atoms with E-state index >= 15 is 0 Å². The highest BCUT2D eigenvalue weighted by atomic mass is 79.9. The molecule has 0 saturated carbocycles. The van der Waals surface area contributed by atoms with Gasteiger partial charge in [0.25, 0.3) is 0 Å². The zero-order valence-corrected chi connectivity index (χ0v) is 11.8. The van der Waals surface area contributed by atoms with E-state index in [2.05, 4.69) is 60.3 Å². The highest BCUT2D eigenvalue weighted by Crippen LogP contribution is 2.24. The van der Waals surface area contributed by atoms with Crippen LogP contribution in [0, 0.1) is 12.8 Å². The van der Waals surface area contributed by atoms with Crippen molar-refractivity contribution >= 4 is 15.9 Å². The number of hydrogen-bond donors (Lipinski definition) is 2. The summed E-state index contributed by atoms with van der Waals surface area (Å²) in [5, 5.41) is 0. The second-order valence-corrected chi connectivity index (χ2v) is 5.67. The highest BCUT2D eigenvalue weighted by molar-refractivity contribution is 9.10. The fourth-order valence-electron chi connectivity index (χ4n) is 1.81. The third-order valence-electron chi connectivity index (χ3n) is 2.70. The Labute approximate surface area is 107 Å². The van der Waals surface area contributed by atoms with Crippen LogP contribution in [0.5, 0.6) is 0 Å². The first-order valence-corrected chi connectivity index (χ1v) is 6.55. The van der Waals surface area contributed by atoms with Crippen LogP contribution in [0.2, 0.25) is 0 Å². The minimum Gasteiger partial charge on any atom is -0.271 e. The van der Waals surface area contributed by atoms with Crippen molar-refractivity contribution in [3.8, 4) is 0 Å². The Hall–Kier alpha value is -0.380. The Bertz CT molecular complexity index is 316. The predicted molar refractivity (Wildman–Crippen MR) is 73.0 cm³/mol. The standard InChI is InChI=1S/C13H21BrN2/c1-9(2)4-5-13(16-15)11-6-10(3)7-12(14)8-11/h6-9,13,16H,4-5,15H2,1-3H3. The van der Waals surface area contributed by atoms with Gasteiger partial charge in [-0.05, 0) is 48.9 Å². The van der Waals surface area contributed by atoms with Gasteiger partial charge in [0.05, 0.1) is 0 Å². The lowest BCUT2D eigenvalue weighted by atomic mass is 9.97. The Balaban J connectivity index is 2.78. The molecule has 1 atom stereocenters. The van der Waals surface area contributed by atoms with Crippen LogP contribution in [0.25, 0.3) is 0 Å². The number of halogens is 1. The fraction of sp³-hybridized carbons (Fsp3) is 0.538. The van der Waals surface area contributed by atoms with Crippen LogP contribution < -0.4 is 11.3 Å². The molecule has 0 spiro atoms. The number of hydrogen-bond acceptors (Lipinski definition) is 2. The van der Waals surface area contributed by atoms with E-state index in [1.54, 1.807) is 0 Å². The minimum absolute atomic E-state index is 0.249. The van der Waals surface area contributed by atoms with E-state index in [-0.39, 0.29) is 6.04 Å². The molecule has 3 heteroatoms. The minimum atomic E-state index is 0.249. The summed E-state index contributed by atoms with van der Waals surface area (Å²) in [5.41, 5.74) is 5.43. The van der Waals surface area contributed by atoms with Gasteiger partial charge in [0.2, 0.25) is 0 Å². The van der Waals surface area contributed by atoms with Crippen molar-refractivity contribution in [3.63, 3.8) is 0 Å². The summed E-state index contributed by atoms with van der Waals surface area (Å²) in [7, 11) is 0. The van der Waals surface area contributed by atoms with Gasteiger partial charge in [-0.3, -0.25) is 11.3 Å². The maximum absolute atomic E-state index is 5.63. The lowest BCUT2D eigenvalue weighted by molar-refractivity contribution is 0.448. The number of rotatable bonds is 5. The topological polar surface area (TPSA) is 38.0 Å². The predicted octanol–water partition coefficient (Wildman–Crippen LogP) is 3.70. The van der Waals surface area contributed by atoms with E-state index < -0.39 is 0 Å². The smallest absolute Gasteiger partial charge is 0.0460 e. The molecule has 0 amide bonds. The van der Waals surface area contributed by atoms with Crippen molar-refractivity contribution in [2.75, 3.05) is 0 Å². The molecule has 0 aliphatic carbocycles. The second-order valence-electron chi connectivity index (χ2n) is 4.75. The van der Waals surface area contributed by atoms with E-state index in [0.717, 1.165) is 10.9 Å². The van der Waals surface area contributed by atoms with Crippen LogP contribution in [0.1, 0.15) is 43.9 Å². The van der Waals surface area contributed by atoms with Crippen molar-refractivity contribution < 1.29 is 0 Å². The summed E-state index contributed by atoms with van der Waals surface area (Å²) in [5.74, 6) is 6.34. The Morgan fingerprint density at radius 2 is 1.94 bits per heavy atom. The largest absolute Gasteiger partial charge is 0.271 e. The molecular formula is C13H21BrN2. The summed E-state index contributed by atoms with van der Waals surface area (Å²) < 4.78 is 1.12. The van der Waals surface area contributed by atoms with Crippen LogP contribution in [0.15, 0.2) is 22.7 Å². The number of hydrazine groups is 1. The lowest BCUT2D eigenvalue weighted by Crippen LogP contribution is -2.28. The molecule has 0 heterocycles. The number of aryl methyl sites for hydroxylation is 1. The van der Waals surface area contributed by atoms with Crippen LogP contribution >= 0.6 is 15.9 Å². The number of nitrogens with two attached hydrogens (primary N) is 1. The summed E-state index contributed by atoms with van der Waals surface area (Å²) in [6, 6.07) is 6.69. The maximum Gasteiger partial charge on any atom is 0.0460 e. The van der Waals surface area contributed by atoms with Crippen molar-refractivity contribution in [1.82, 2.24) is 5.43 Å². The van der Waals surface area contributed by atoms with Crippen molar-refractivity contribution in [1.29, 1.82) is 0 Å². The van der Waals surface area contributed by atoms with Gasteiger partial charge in [-0.25, -0.2) is 0 Å². The zero-order valence-electron chi connectivity index (χ0n) is 10.3. The Kier molecular flexibility index (Phi) is 5.46. The average molecular weight is 285 g/mol. The quantitative estimate of drug-likeness (QED) is 0.639. The molecule has 1 unspecified atom stereocenters. The van der Waals surface area contributed by atoms with Gasteiger partial charge in [0, 0.05) is 10.5 Å². The van der Waals surface area contributed by atoms with Crippen LogP contribution in [0.3, 0.4) is 0 Å². The molecule has 16 heavy (non-hydrogen) atoms. The molecule has 0 saturated heterocycles. The monoisotopic (exact) mass is 284 g/mol. The molecule has 0 aliphatic rings. The molecule has 1 rings (SSSR count). The third-order valence-corrected chi connectivity index (χ3v) is 3.16. The van der Waals surface area contributed by atoms with E-state index in [9.17, 15) is 0 Å². The van der Waals surface area contributed by atoms with Crippen LogP contribution in [-0.2, 0) is 0 Å². The molecule has 0 radical (unpaired) electrons. The third kappa shape index (κ3) is 4.24. The summed E-state index contributed by atoms with van der Waals surface area (Å²) in [6.45, 7) is 6.57. The first kappa shape index (κ1) is 13.7. The second kappa shape index (κ2) is 6.38. The van der Waals surface area contributed by atoms with Gasteiger partial charge in [-0.2, -0.15) is 0 Å². The first-order valence-electron chi connectivity index (χ1n) is 5.76. The Morgan fingerprint density at radius 1 is 1.25 bits per heavy atom. The fourth-order valence-corrected chi connectivity index (χ4v) is 2.44. The van der Waals surface area contributed by atoms with Crippen LogP contribution in [0.4, 0.5) is 0 Å². The molecule has 0 aliphatic heterocycles. The van der Waals surface area contributed by atoms with Crippen molar-refractivity contribution in [2.45, 2.75) is 39.7 Å². The normalized spacial score (nSPS) is 13.1. The van der Waals surface area contributed by atoms with E-state index in [1.165, 1.54) is 17.5 Å². The molecule has 2 nitrogen and oxygen atoms in total. The molecule has 1 aromatic rings. The van der Waals surface area contributed by atoms with Crippen molar-refractivity contribution in [3.05, 3.63) is 33.8 Å². The van der Waals surface area contributed by atoms with Gasteiger partial charge in [0.1, 0.15) is 0 Å². The first-order chi connectivity index (χ1) is 7.52. The van der Waals surface area contributed by atoms with E-state index in [4.69, 9.17) is 5.84 Å². The molecule has 3 N–H and O–H groups in total. The SMILES string of the molecule is Cc1cc(Br)cc(C(CCC(C)C)NN)c1. The molecule has 0 aromatic heterocycles.